The largest absolute Gasteiger partial charge is 0.495 e. The number of rotatable bonds is 3. The van der Waals surface area contributed by atoms with Crippen LogP contribution in [0.5, 0.6) is 5.75 Å². The molecule has 0 radical (unpaired) electrons. The molecule has 1 aliphatic carbocycles. The second-order valence-electron chi connectivity index (χ2n) is 5.28. The molecule has 0 amide bonds. The summed E-state index contributed by atoms with van der Waals surface area (Å²) in [7, 11) is 1.68. The van der Waals surface area contributed by atoms with Crippen LogP contribution < -0.4 is 4.74 Å². The van der Waals surface area contributed by atoms with Crippen LogP contribution in [0, 0.1) is 18.5 Å². The molecule has 1 aromatic carbocycles. The first kappa shape index (κ1) is 17.2. The van der Waals surface area contributed by atoms with Crippen LogP contribution in [-0.4, -0.2) is 13.3 Å². The van der Waals surface area contributed by atoms with E-state index in [0.717, 1.165) is 41.9 Å². The van der Waals surface area contributed by atoms with Crippen molar-refractivity contribution in [1.82, 2.24) is 0 Å². The number of halogens is 2. The molecular formula is C17H14I2N2OS. The molecule has 6 heteroatoms. The zero-order valence-corrected chi connectivity index (χ0v) is 17.7. The molecule has 3 rings (SSSR count). The minimum absolute atomic E-state index is 0.777. The molecule has 0 saturated carbocycles. The number of aliphatic imine (C=N–C) groups is 1. The van der Waals surface area contributed by atoms with E-state index in [-0.39, 0.29) is 0 Å². The predicted octanol–water partition coefficient (Wildman–Crippen LogP) is 5.47. The van der Waals surface area contributed by atoms with Gasteiger partial charge in [0.15, 0.2) is 0 Å². The van der Waals surface area contributed by atoms with Gasteiger partial charge in [-0.15, -0.1) is 11.3 Å². The first-order valence-corrected chi connectivity index (χ1v) is 10.2. The van der Waals surface area contributed by atoms with Crippen molar-refractivity contribution in [3.8, 4) is 11.8 Å². The maximum Gasteiger partial charge on any atom is 0.145 e. The third kappa shape index (κ3) is 3.56. The van der Waals surface area contributed by atoms with E-state index in [1.165, 1.54) is 23.3 Å². The second kappa shape index (κ2) is 7.49. The van der Waals surface area contributed by atoms with Crippen molar-refractivity contribution in [1.29, 1.82) is 5.26 Å². The van der Waals surface area contributed by atoms with E-state index in [2.05, 4.69) is 56.2 Å². The van der Waals surface area contributed by atoms with Crippen LogP contribution in [0.4, 0.5) is 5.00 Å². The molecule has 3 nitrogen and oxygen atoms in total. The standard InChI is InChI=1S/C17H14I2N2OS/c1-22-16-13(18)6-10(7-14(16)19)9-21-17-12(8-20)11-4-2-3-5-15(11)23-17/h6-7,9H,2-5H2,1H3/b21-9-. The molecule has 1 aromatic heterocycles. The Morgan fingerprint density at radius 2 is 1.96 bits per heavy atom. The van der Waals surface area contributed by atoms with Crippen LogP contribution in [0.25, 0.3) is 0 Å². The fourth-order valence-electron chi connectivity index (χ4n) is 2.74. The van der Waals surface area contributed by atoms with Gasteiger partial charge in [-0.05, 0) is 94.1 Å². The van der Waals surface area contributed by atoms with E-state index >= 15 is 0 Å². The Morgan fingerprint density at radius 1 is 1.26 bits per heavy atom. The van der Waals surface area contributed by atoms with Crippen molar-refractivity contribution in [2.75, 3.05) is 7.11 Å². The number of hydrogen-bond donors (Lipinski definition) is 0. The Bertz CT molecular complexity index is 798. The fourth-order valence-corrected chi connectivity index (χ4v) is 6.18. The van der Waals surface area contributed by atoms with Crippen LogP contribution in [0.3, 0.4) is 0 Å². The average molecular weight is 548 g/mol. The molecule has 0 aliphatic heterocycles. The summed E-state index contributed by atoms with van der Waals surface area (Å²) >= 11 is 6.21. The minimum Gasteiger partial charge on any atom is -0.495 e. The number of fused-ring (bicyclic) bond motifs is 1. The number of methoxy groups -OCH3 is 1. The number of thiophene rings is 1. The molecule has 1 aliphatic rings. The second-order valence-corrected chi connectivity index (χ2v) is 8.69. The molecule has 23 heavy (non-hydrogen) atoms. The lowest BCUT2D eigenvalue weighted by Gasteiger charge is -2.09. The van der Waals surface area contributed by atoms with E-state index in [0.29, 0.717) is 0 Å². The van der Waals surface area contributed by atoms with Gasteiger partial charge in [-0.2, -0.15) is 5.26 Å². The van der Waals surface area contributed by atoms with Gasteiger partial charge in [-0.3, -0.25) is 0 Å². The lowest BCUT2D eigenvalue weighted by Crippen LogP contribution is -1.99. The maximum atomic E-state index is 9.48. The first-order chi connectivity index (χ1) is 11.1. The van der Waals surface area contributed by atoms with Gasteiger partial charge in [0.1, 0.15) is 16.8 Å². The van der Waals surface area contributed by atoms with Crippen molar-refractivity contribution in [3.63, 3.8) is 0 Å². The lowest BCUT2D eigenvalue weighted by molar-refractivity contribution is 0.409. The molecule has 2 aromatic rings. The van der Waals surface area contributed by atoms with Gasteiger partial charge in [0.05, 0.1) is 19.8 Å². The Labute approximate surface area is 167 Å². The monoisotopic (exact) mass is 548 g/mol. The summed E-state index contributed by atoms with van der Waals surface area (Å²) in [5.74, 6) is 0.896. The zero-order chi connectivity index (χ0) is 16.4. The molecular weight excluding hydrogens is 534 g/mol. The van der Waals surface area contributed by atoms with E-state index in [1.807, 2.05) is 18.3 Å². The van der Waals surface area contributed by atoms with Crippen molar-refractivity contribution in [3.05, 3.63) is 40.8 Å². The summed E-state index contributed by atoms with van der Waals surface area (Å²) < 4.78 is 7.50. The average Bonchev–Trinajstić information content (AvgIpc) is 2.90. The first-order valence-electron chi connectivity index (χ1n) is 7.25. The number of aryl methyl sites for hydroxylation is 1. The molecule has 0 spiro atoms. The van der Waals surface area contributed by atoms with Crippen molar-refractivity contribution < 1.29 is 4.74 Å². The molecule has 0 bridgehead atoms. The van der Waals surface area contributed by atoms with Crippen LogP contribution in [0.1, 0.15) is 34.4 Å². The summed E-state index contributed by atoms with van der Waals surface area (Å²) in [4.78, 5) is 5.96. The summed E-state index contributed by atoms with van der Waals surface area (Å²) in [6.45, 7) is 0. The van der Waals surface area contributed by atoms with Crippen LogP contribution in [0.2, 0.25) is 0 Å². The van der Waals surface area contributed by atoms with Gasteiger partial charge in [-0.25, -0.2) is 4.99 Å². The third-order valence-electron chi connectivity index (χ3n) is 3.82. The number of benzene rings is 1. The highest BCUT2D eigenvalue weighted by Crippen LogP contribution is 2.39. The normalized spacial score (nSPS) is 13.8. The van der Waals surface area contributed by atoms with Crippen LogP contribution >= 0.6 is 56.5 Å². The number of nitrogens with zero attached hydrogens (tertiary/aromatic N) is 2. The summed E-state index contributed by atoms with van der Waals surface area (Å²) in [6.07, 6.45) is 6.35. The van der Waals surface area contributed by atoms with Crippen molar-refractivity contribution in [2.45, 2.75) is 25.7 Å². The molecule has 118 valence electrons. The summed E-state index contributed by atoms with van der Waals surface area (Å²) in [5.41, 5.74) is 3.03. The number of nitriles is 1. The highest BCUT2D eigenvalue weighted by atomic mass is 127. The van der Waals surface area contributed by atoms with Crippen LogP contribution in [0.15, 0.2) is 17.1 Å². The number of hydrogen-bond acceptors (Lipinski definition) is 4. The van der Waals surface area contributed by atoms with Crippen molar-refractivity contribution >= 4 is 67.7 Å². The van der Waals surface area contributed by atoms with E-state index in [9.17, 15) is 5.26 Å². The third-order valence-corrected chi connectivity index (χ3v) is 6.62. The molecule has 0 atom stereocenters. The molecule has 1 heterocycles. The van der Waals surface area contributed by atoms with E-state index in [1.54, 1.807) is 18.4 Å². The Hall–Kier alpha value is -0.660. The molecule has 0 unspecified atom stereocenters. The summed E-state index contributed by atoms with van der Waals surface area (Å²) in [5, 5.41) is 10.3. The Balaban J connectivity index is 1.95. The highest BCUT2D eigenvalue weighted by molar-refractivity contribution is 14.1. The van der Waals surface area contributed by atoms with Gasteiger partial charge in [0.2, 0.25) is 0 Å². The quantitative estimate of drug-likeness (QED) is 0.378. The minimum atomic E-state index is 0.777. The zero-order valence-electron chi connectivity index (χ0n) is 12.5. The molecule has 0 fully saturated rings. The van der Waals surface area contributed by atoms with Gasteiger partial charge in [0.25, 0.3) is 0 Å². The van der Waals surface area contributed by atoms with Gasteiger partial charge in [0, 0.05) is 11.1 Å². The van der Waals surface area contributed by atoms with Gasteiger partial charge in [-0.1, -0.05) is 0 Å². The highest BCUT2D eigenvalue weighted by Gasteiger charge is 2.20. The Kier molecular flexibility index (Phi) is 5.59. The number of ether oxygens (including phenoxy) is 1. The van der Waals surface area contributed by atoms with Gasteiger partial charge >= 0.3 is 0 Å². The Morgan fingerprint density at radius 3 is 2.61 bits per heavy atom. The maximum absolute atomic E-state index is 9.48. The SMILES string of the molecule is COc1c(I)cc(/C=N\c2sc3c(c2C#N)CCCC3)cc1I. The fraction of sp³-hybridized carbons (Fsp3) is 0.294. The lowest BCUT2D eigenvalue weighted by atomic mass is 9.96. The molecule has 0 saturated heterocycles. The topological polar surface area (TPSA) is 45.4 Å². The predicted molar refractivity (Wildman–Crippen MR) is 111 cm³/mol. The van der Waals surface area contributed by atoms with E-state index in [4.69, 9.17) is 4.74 Å². The van der Waals surface area contributed by atoms with Crippen molar-refractivity contribution in [2.24, 2.45) is 4.99 Å². The van der Waals surface area contributed by atoms with Crippen LogP contribution in [-0.2, 0) is 12.8 Å². The molecule has 0 N–H and O–H groups in total. The summed E-state index contributed by atoms with van der Waals surface area (Å²) in [6, 6.07) is 6.45. The van der Waals surface area contributed by atoms with E-state index < -0.39 is 0 Å². The smallest absolute Gasteiger partial charge is 0.145 e. The van der Waals surface area contributed by atoms with Gasteiger partial charge < -0.3 is 4.74 Å².